The number of quaternary nitrogens is 1. The first-order valence-corrected chi connectivity index (χ1v) is 9.65. The van der Waals surface area contributed by atoms with Crippen molar-refractivity contribution >= 4 is 5.78 Å². The molecule has 132 valence electrons. The molecule has 2 bridgehead atoms. The Bertz CT molecular complexity index is 803. The molecule has 1 aromatic rings. The molecule has 1 spiro atoms. The Morgan fingerprint density at radius 1 is 1.32 bits per heavy atom. The molecule has 2 heterocycles. The second-order valence-corrected chi connectivity index (χ2v) is 8.92. The van der Waals surface area contributed by atoms with E-state index in [1.54, 1.807) is 6.07 Å². The lowest BCUT2D eigenvalue weighted by molar-refractivity contribution is -0.919. The van der Waals surface area contributed by atoms with Crippen molar-refractivity contribution in [3.05, 3.63) is 28.5 Å². The molecule has 3 fully saturated rings. The molecule has 0 aromatic heterocycles. The number of hydrogen-bond acceptors (Lipinski definition) is 4. The van der Waals surface area contributed by atoms with Crippen LogP contribution in [0.2, 0.25) is 0 Å². The number of likely N-dealkylation sites (tertiary alicyclic amines) is 1. The number of aromatic hydroxyl groups is 1. The van der Waals surface area contributed by atoms with Gasteiger partial charge >= 0.3 is 0 Å². The second kappa shape index (κ2) is 4.38. The van der Waals surface area contributed by atoms with Crippen LogP contribution in [-0.2, 0) is 16.6 Å². The molecule has 3 aliphatic carbocycles. The Balaban J connectivity index is 1.56. The van der Waals surface area contributed by atoms with Gasteiger partial charge in [0.2, 0.25) is 0 Å². The Morgan fingerprint density at radius 3 is 2.96 bits per heavy atom. The lowest BCUT2D eigenvalue weighted by Gasteiger charge is -2.63. The fourth-order valence-electron chi connectivity index (χ4n) is 6.53. The van der Waals surface area contributed by atoms with Gasteiger partial charge in [-0.05, 0) is 30.9 Å². The normalized spacial score (nSPS) is 43.6. The van der Waals surface area contributed by atoms with Gasteiger partial charge in [0.05, 0.1) is 24.5 Å². The average molecular weight is 341 g/mol. The Morgan fingerprint density at radius 2 is 2.16 bits per heavy atom. The van der Waals surface area contributed by atoms with E-state index in [1.165, 1.54) is 12.8 Å². The van der Waals surface area contributed by atoms with Crippen molar-refractivity contribution in [2.45, 2.75) is 56.1 Å². The number of carbonyl (C=O) groups is 1. The molecule has 6 rings (SSSR count). The summed E-state index contributed by atoms with van der Waals surface area (Å²) < 4.78 is 6.00. The minimum Gasteiger partial charge on any atom is -0.633 e. The van der Waals surface area contributed by atoms with Crippen LogP contribution in [0.5, 0.6) is 11.5 Å². The first-order valence-electron chi connectivity index (χ1n) is 9.65. The van der Waals surface area contributed by atoms with Crippen molar-refractivity contribution in [3.8, 4) is 11.5 Å². The molecule has 1 saturated heterocycles. The minimum atomic E-state index is -0.495. The summed E-state index contributed by atoms with van der Waals surface area (Å²) in [6.45, 7) is 1.33. The highest BCUT2D eigenvalue weighted by molar-refractivity contribution is 5.89. The Kier molecular flexibility index (Phi) is 2.55. The quantitative estimate of drug-likeness (QED) is 0.662. The van der Waals surface area contributed by atoms with Crippen molar-refractivity contribution in [2.24, 2.45) is 11.8 Å². The van der Waals surface area contributed by atoms with Crippen LogP contribution in [0.15, 0.2) is 12.1 Å². The van der Waals surface area contributed by atoms with E-state index >= 15 is 0 Å². The highest BCUT2D eigenvalue weighted by Crippen LogP contribution is 2.64. The first kappa shape index (κ1) is 14.6. The number of Topliss-reactive ketones (excluding diaryl/α,β-unsaturated/α-hetero) is 1. The molecule has 2 aliphatic heterocycles. The first-order chi connectivity index (χ1) is 12.0. The van der Waals surface area contributed by atoms with E-state index in [2.05, 4.69) is 0 Å². The summed E-state index contributed by atoms with van der Waals surface area (Å²) in [5.41, 5.74) is 1.82. The van der Waals surface area contributed by atoms with Crippen LogP contribution >= 0.6 is 0 Å². The standard InChI is InChI=1S/C20H23NO4/c22-15-5-3-12-9-14-13-4-6-16(23)19-20(13,17(12)18(15)25-19)7-8-21(14,24)10-11-1-2-11/h3,5,11,13-14,19,22H,1-2,4,6-10H2/t13-,14+,19?,20-,21?/m0/s1. The summed E-state index contributed by atoms with van der Waals surface area (Å²) in [5.74, 6) is 1.61. The number of hydrogen-bond donors (Lipinski definition) is 1. The number of phenolic OH excluding ortho intramolecular Hbond substituents is 1. The van der Waals surface area contributed by atoms with Gasteiger partial charge in [-0.2, -0.15) is 0 Å². The van der Waals surface area contributed by atoms with E-state index in [1.807, 2.05) is 6.07 Å². The fourth-order valence-corrected chi connectivity index (χ4v) is 6.53. The van der Waals surface area contributed by atoms with Gasteiger partial charge in [0.1, 0.15) is 0 Å². The molecule has 25 heavy (non-hydrogen) atoms. The van der Waals surface area contributed by atoms with Gasteiger partial charge in [0.15, 0.2) is 23.4 Å². The van der Waals surface area contributed by atoms with Crippen LogP contribution < -0.4 is 4.74 Å². The van der Waals surface area contributed by atoms with Crippen LogP contribution in [-0.4, -0.2) is 40.8 Å². The van der Waals surface area contributed by atoms with Crippen molar-refractivity contribution in [1.82, 2.24) is 0 Å². The molecule has 5 heteroatoms. The van der Waals surface area contributed by atoms with Gasteiger partial charge < -0.3 is 19.7 Å². The van der Waals surface area contributed by atoms with Crippen molar-refractivity contribution < 1.29 is 19.3 Å². The maximum atomic E-state index is 13.8. The summed E-state index contributed by atoms with van der Waals surface area (Å²) in [6, 6.07) is 3.66. The number of ketones is 1. The number of piperidine rings is 1. The Hall–Kier alpha value is -1.59. The third-order valence-electron chi connectivity index (χ3n) is 7.71. The van der Waals surface area contributed by atoms with Crippen molar-refractivity contribution in [3.63, 3.8) is 0 Å². The number of hydroxylamine groups is 3. The number of phenols is 1. The smallest absolute Gasteiger partial charge is 0.174 e. The predicted molar refractivity (Wildman–Crippen MR) is 90.1 cm³/mol. The monoisotopic (exact) mass is 341 g/mol. The predicted octanol–water partition coefficient (Wildman–Crippen LogP) is 2.42. The molecule has 0 amide bonds. The van der Waals surface area contributed by atoms with Gasteiger partial charge in [0, 0.05) is 36.7 Å². The summed E-state index contributed by atoms with van der Waals surface area (Å²) in [7, 11) is 0. The van der Waals surface area contributed by atoms with Crippen LogP contribution in [0.1, 0.15) is 43.2 Å². The number of rotatable bonds is 2. The number of carbonyl (C=O) groups excluding carboxylic acids is 1. The van der Waals surface area contributed by atoms with E-state index in [4.69, 9.17) is 4.74 Å². The number of nitrogens with zero attached hydrogens (tertiary/aromatic N) is 1. The van der Waals surface area contributed by atoms with Gasteiger partial charge in [-0.15, -0.1) is 0 Å². The molecule has 5 nitrogen and oxygen atoms in total. The topological polar surface area (TPSA) is 69.6 Å². The van der Waals surface area contributed by atoms with Crippen LogP contribution in [0.4, 0.5) is 0 Å². The Labute approximate surface area is 146 Å². The van der Waals surface area contributed by atoms with Crippen LogP contribution in [0.25, 0.3) is 0 Å². The van der Waals surface area contributed by atoms with Crippen LogP contribution in [0.3, 0.4) is 0 Å². The zero-order valence-corrected chi connectivity index (χ0v) is 14.2. The second-order valence-electron chi connectivity index (χ2n) is 8.92. The number of ether oxygens (including phenoxy) is 1. The molecule has 5 atom stereocenters. The summed E-state index contributed by atoms with van der Waals surface area (Å²) in [6.07, 6.45) is 4.67. The zero-order chi connectivity index (χ0) is 17.0. The maximum absolute atomic E-state index is 13.8. The maximum Gasteiger partial charge on any atom is 0.174 e. The molecular formula is C20H23NO4. The molecular weight excluding hydrogens is 318 g/mol. The summed E-state index contributed by atoms with van der Waals surface area (Å²) >= 11 is 0. The zero-order valence-electron chi connectivity index (χ0n) is 14.2. The van der Waals surface area contributed by atoms with Gasteiger partial charge in [0.25, 0.3) is 0 Å². The van der Waals surface area contributed by atoms with Gasteiger partial charge in [-0.1, -0.05) is 6.07 Å². The molecule has 2 unspecified atom stereocenters. The van der Waals surface area contributed by atoms with Crippen molar-refractivity contribution in [2.75, 3.05) is 13.1 Å². The van der Waals surface area contributed by atoms with Crippen molar-refractivity contribution in [1.29, 1.82) is 0 Å². The number of benzene rings is 1. The molecule has 5 aliphatic rings. The van der Waals surface area contributed by atoms with E-state index in [0.717, 1.165) is 30.5 Å². The lowest BCUT2D eigenvalue weighted by atomic mass is 9.51. The molecule has 0 radical (unpaired) electrons. The molecule has 1 aromatic carbocycles. The van der Waals surface area contributed by atoms with E-state index < -0.39 is 6.10 Å². The lowest BCUT2D eigenvalue weighted by Crippen LogP contribution is -2.71. The average Bonchev–Trinajstić information content (AvgIpc) is 3.32. The largest absolute Gasteiger partial charge is 0.633 e. The third kappa shape index (κ3) is 1.64. The SMILES string of the molecule is O=C1CC[C@H]2[C@H]3Cc4ccc(O)c5c4[C@@]2(CC[N+]3([O-])CC2CC2)C1O5. The van der Waals surface area contributed by atoms with E-state index in [0.29, 0.717) is 31.1 Å². The minimum absolute atomic E-state index is 0.0385. The fraction of sp³-hybridized carbons (Fsp3) is 0.650. The third-order valence-corrected chi connectivity index (χ3v) is 7.71. The summed E-state index contributed by atoms with van der Waals surface area (Å²) in [5, 5.41) is 24.1. The van der Waals surface area contributed by atoms with E-state index in [9.17, 15) is 15.1 Å². The van der Waals surface area contributed by atoms with Gasteiger partial charge in [-0.25, -0.2) is 0 Å². The van der Waals surface area contributed by atoms with Crippen LogP contribution in [0, 0.1) is 17.0 Å². The molecule has 1 N–H and O–H groups in total. The van der Waals surface area contributed by atoms with E-state index in [-0.39, 0.29) is 33.6 Å². The highest BCUT2D eigenvalue weighted by atomic mass is 16.5. The van der Waals surface area contributed by atoms with Gasteiger partial charge in [-0.3, -0.25) is 4.79 Å². The highest BCUT2D eigenvalue weighted by Gasteiger charge is 2.68. The summed E-state index contributed by atoms with van der Waals surface area (Å²) in [4.78, 5) is 12.7. The molecule has 2 saturated carbocycles.